The number of hydrogen-bond acceptors (Lipinski definition) is 0. The summed E-state index contributed by atoms with van der Waals surface area (Å²) in [7, 11) is 5.42. The normalized spacial score (nSPS) is 8.95. The molecule has 3 nitrogen and oxygen atoms in total. The van der Waals surface area contributed by atoms with Gasteiger partial charge in [0.25, 0.3) is 0 Å². The molecular weight excluding hydrogens is 497 g/mol. The van der Waals surface area contributed by atoms with Crippen LogP contribution in [0.5, 0.6) is 0 Å². The van der Waals surface area contributed by atoms with Gasteiger partial charge in [-0.25, -0.2) is 0 Å². The third-order valence-corrected chi connectivity index (χ3v) is 6.81. The largest absolute Gasteiger partial charge is 4.00 e. The Bertz CT molecular complexity index is 244. The molecule has 128 valence electrons. The quantitative estimate of drug-likeness (QED) is 0.387. The monoisotopic (exact) mass is 537 g/mol. The van der Waals surface area contributed by atoms with E-state index in [4.69, 9.17) is 0 Å². The first kappa shape index (κ1) is 30.5. The molecule has 0 radical (unpaired) electrons. The Morgan fingerprint density at radius 2 is 0.955 bits per heavy atom. The summed E-state index contributed by atoms with van der Waals surface area (Å²) in [6, 6.07) is 8.76. The zero-order valence-electron chi connectivity index (χ0n) is 16.3. The van der Waals surface area contributed by atoms with E-state index < -0.39 is 13.3 Å². The van der Waals surface area contributed by atoms with Gasteiger partial charge in [0.05, 0.1) is 0 Å². The maximum absolute atomic E-state index is 3.74. The third-order valence-electron chi connectivity index (χ3n) is 2.48. The predicted octanol–water partition coefficient (Wildman–Crippen LogP) is 4.98. The Kier molecular flexibility index (Phi) is 33.2. The summed E-state index contributed by atoms with van der Waals surface area (Å²) in [6.07, 6.45) is 0. The van der Waals surface area contributed by atoms with E-state index in [9.17, 15) is 0 Å². The second-order valence-corrected chi connectivity index (χ2v) is 16.0. The van der Waals surface area contributed by atoms with Gasteiger partial charge in [0.15, 0.2) is 0 Å². The minimum Gasteiger partial charge on any atom is 4.00 e. The Morgan fingerprint density at radius 1 is 0.727 bits per heavy atom. The first-order valence-electron chi connectivity index (χ1n) is 7.74. The van der Waals surface area contributed by atoms with Gasteiger partial charge in [-0.1, -0.05) is 20.8 Å². The molecule has 5 heteroatoms. The van der Waals surface area contributed by atoms with Crippen molar-refractivity contribution >= 4 is 17.7 Å². The molecule has 0 aliphatic carbocycles. The molecular formula is C17H37GeHfN3. The predicted molar refractivity (Wildman–Crippen MR) is 104 cm³/mol. The van der Waals surface area contributed by atoms with Crippen molar-refractivity contribution in [2.24, 2.45) is 0 Å². The average molecular weight is 535 g/mol. The van der Waals surface area contributed by atoms with Crippen LogP contribution >= 0.6 is 0 Å². The third kappa shape index (κ3) is 28.8. The van der Waals surface area contributed by atoms with Crippen LogP contribution in [0.15, 0.2) is 24.3 Å². The smallest absolute Gasteiger partial charge is 4.00 e. The molecule has 0 aliphatic heterocycles. The molecule has 0 saturated carbocycles. The molecule has 1 rings (SSSR count). The number of rotatable bonds is 4. The first-order valence-corrected chi connectivity index (χ1v) is 15.1. The molecule has 0 bridgehead atoms. The molecule has 1 aromatic carbocycles. The molecule has 1 aromatic rings. The van der Waals surface area contributed by atoms with Crippen LogP contribution in [0.2, 0.25) is 17.3 Å². The summed E-state index contributed by atoms with van der Waals surface area (Å²) >= 11 is -1.44. The van der Waals surface area contributed by atoms with Crippen molar-refractivity contribution in [3.8, 4) is 0 Å². The van der Waals surface area contributed by atoms with Gasteiger partial charge in [-0.15, -0.1) is 0 Å². The minimum absolute atomic E-state index is 0. The van der Waals surface area contributed by atoms with E-state index >= 15 is 0 Å². The van der Waals surface area contributed by atoms with Crippen LogP contribution in [0.4, 0.5) is 0 Å². The minimum atomic E-state index is -1.44. The molecule has 0 spiro atoms. The molecule has 0 fully saturated rings. The topological polar surface area (TPSA) is 42.3 Å². The van der Waals surface area contributed by atoms with Gasteiger partial charge in [0.2, 0.25) is 0 Å². The van der Waals surface area contributed by atoms with Gasteiger partial charge in [-0.2, -0.15) is 40.8 Å². The average Bonchev–Trinajstić information content (AvgIpc) is 3.02. The van der Waals surface area contributed by atoms with Gasteiger partial charge in [0, 0.05) is 0 Å². The van der Waals surface area contributed by atoms with E-state index in [1.165, 1.54) is 0 Å². The van der Waals surface area contributed by atoms with Crippen LogP contribution in [0.1, 0.15) is 20.8 Å². The first-order chi connectivity index (χ1) is 9.85. The second-order valence-electron chi connectivity index (χ2n) is 5.32. The van der Waals surface area contributed by atoms with E-state index in [1.54, 1.807) is 25.5 Å². The van der Waals surface area contributed by atoms with Crippen molar-refractivity contribution in [2.75, 3.05) is 40.8 Å². The molecule has 0 aromatic heterocycles. The summed E-state index contributed by atoms with van der Waals surface area (Å²) < 4.78 is 1.61. The van der Waals surface area contributed by atoms with Gasteiger partial charge >= 0.3 is 85.0 Å². The summed E-state index contributed by atoms with van der Waals surface area (Å²) in [5.41, 5.74) is 0. The molecule has 0 atom stereocenters. The fraction of sp³-hybridized carbons (Fsp3) is 0.706. The van der Waals surface area contributed by atoms with E-state index in [-0.39, 0.29) is 25.8 Å². The maximum Gasteiger partial charge on any atom is 4.00 e. The van der Waals surface area contributed by atoms with Crippen LogP contribution in [-0.2, 0) is 25.8 Å². The summed E-state index contributed by atoms with van der Waals surface area (Å²) in [4.78, 5) is 0. The Labute approximate surface area is 161 Å². The van der Waals surface area contributed by atoms with E-state index in [0.29, 0.717) is 0 Å². The standard InChI is InChI=1S/C8H13Ge.3C3H8N.Hf/c1-9(2,3)8-6-4-5-7-8;3*1-3-4-2;/h4-7H,1-3H3;3*3H2,1-2H3;/q4*-1;+4. The number of nitrogens with zero attached hydrogens (tertiary/aromatic N) is 3. The van der Waals surface area contributed by atoms with Crippen molar-refractivity contribution < 1.29 is 25.8 Å². The van der Waals surface area contributed by atoms with Gasteiger partial charge in [-0.3, -0.25) is 0 Å². The Morgan fingerprint density at radius 3 is 1.05 bits per heavy atom. The van der Waals surface area contributed by atoms with E-state index in [2.05, 4.69) is 57.5 Å². The second kappa shape index (κ2) is 23.9. The van der Waals surface area contributed by atoms with Crippen LogP contribution in [-0.4, -0.2) is 54.0 Å². The van der Waals surface area contributed by atoms with Crippen molar-refractivity contribution in [3.05, 3.63) is 40.2 Å². The molecule has 0 aliphatic rings. The fourth-order valence-corrected chi connectivity index (χ4v) is 3.38. The summed E-state index contributed by atoms with van der Waals surface area (Å²) in [5.74, 6) is 7.24. The Hall–Kier alpha value is 0.643. The zero-order valence-corrected chi connectivity index (χ0v) is 22.0. The number of hydrogen-bond donors (Lipinski definition) is 0. The van der Waals surface area contributed by atoms with Gasteiger partial charge < -0.3 is 16.0 Å². The maximum atomic E-state index is 3.74. The van der Waals surface area contributed by atoms with Crippen molar-refractivity contribution in [1.82, 2.24) is 0 Å². The van der Waals surface area contributed by atoms with Gasteiger partial charge in [0.1, 0.15) is 0 Å². The molecule has 22 heavy (non-hydrogen) atoms. The Balaban J connectivity index is -0.000000107. The van der Waals surface area contributed by atoms with Crippen LogP contribution < -0.4 is 4.40 Å². The molecule has 0 unspecified atom stereocenters. The van der Waals surface area contributed by atoms with E-state index in [1.807, 2.05) is 20.8 Å². The van der Waals surface area contributed by atoms with Crippen LogP contribution in [0, 0.1) is 0 Å². The van der Waals surface area contributed by atoms with Crippen molar-refractivity contribution in [2.45, 2.75) is 38.0 Å². The van der Waals surface area contributed by atoms with Crippen LogP contribution in [0.25, 0.3) is 16.0 Å². The summed E-state index contributed by atoms with van der Waals surface area (Å²) in [6.45, 7) is 8.88. The van der Waals surface area contributed by atoms with Crippen molar-refractivity contribution in [3.63, 3.8) is 0 Å². The summed E-state index contributed by atoms with van der Waals surface area (Å²) in [5, 5.41) is 11.2. The molecule has 0 amide bonds. The van der Waals surface area contributed by atoms with Crippen LogP contribution in [0.3, 0.4) is 0 Å². The molecule has 0 heterocycles. The molecule has 0 saturated heterocycles. The zero-order chi connectivity index (χ0) is 17.1. The van der Waals surface area contributed by atoms with Gasteiger partial charge in [-0.05, 0) is 0 Å². The fourth-order valence-electron chi connectivity index (χ4n) is 0.874. The SMILES string of the molecule is CC[N-]C.CC[N-]C.CC[N-]C.[CH3][Ge]([CH3])([CH3])[c-]1cccc1.[Hf+4]. The molecule has 0 N–H and O–H groups in total. The van der Waals surface area contributed by atoms with Crippen molar-refractivity contribution in [1.29, 1.82) is 0 Å². The van der Waals surface area contributed by atoms with E-state index in [0.717, 1.165) is 19.6 Å².